The number of aliphatic hydroxyl groups is 1. The Hall–Kier alpha value is -1.33. The summed E-state index contributed by atoms with van der Waals surface area (Å²) in [6.45, 7) is 0.254. The van der Waals surface area contributed by atoms with Gasteiger partial charge in [0.2, 0.25) is 0 Å². The number of aromatic nitrogens is 1. The SMILES string of the molecule is Nc1cnc(Cl)c(C(=O)N(CCO)C2CCCCC2)c1. The first-order chi connectivity index (χ1) is 9.63. The van der Waals surface area contributed by atoms with Gasteiger partial charge in [-0.2, -0.15) is 0 Å². The molecule has 1 heterocycles. The lowest BCUT2D eigenvalue weighted by Crippen LogP contribution is -2.43. The highest BCUT2D eigenvalue weighted by Crippen LogP contribution is 2.25. The Kier molecular flexibility index (Phi) is 5.20. The molecule has 2 rings (SSSR count). The van der Waals surface area contributed by atoms with Crippen molar-refractivity contribution >= 4 is 23.2 Å². The van der Waals surface area contributed by atoms with Gasteiger partial charge in [0.05, 0.1) is 24.1 Å². The number of nitrogens with two attached hydrogens (primary N) is 1. The Morgan fingerprint density at radius 2 is 2.15 bits per heavy atom. The predicted molar refractivity (Wildman–Crippen MR) is 78.7 cm³/mol. The van der Waals surface area contributed by atoms with Gasteiger partial charge in [-0.25, -0.2) is 4.98 Å². The van der Waals surface area contributed by atoms with Gasteiger partial charge in [0.15, 0.2) is 0 Å². The fourth-order valence-corrected chi connectivity index (χ4v) is 2.90. The molecule has 6 heteroatoms. The molecule has 0 aliphatic heterocycles. The van der Waals surface area contributed by atoms with E-state index in [0.717, 1.165) is 25.7 Å². The van der Waals surface area contributed by atoms with Crippen LogP contribution in [0.15, 0.2) is 12.3 Å². The number of pyridine rings is 1. The van der Waals surface area contributed by atoms with Crippen LogP contribution in [0.5, 0.6) is 0 Å². The van der Waals surface area contributed by atoms with Gasteiger partial charge in [-0.15, -0.1) is 0 Å². The van der Waals surface area contributed by atoms with Gasteiger partial charge in [-0.3, -0.25) is 4.79 Å². The maximum Gasteiger partial charge on any atom is 0.257 e. The van der Waals surface area contributed by atoms with Crippen molar-refractivity contribution in [1.29, 1.82) is 0 Å². The number of nitrogens with zero attached hydrogens (tertiary/aromatic N) is 2. The lowest BCUT2D eigenvalue weighted by molar-refractivity contribution is 0.0585. The van der Waals surface area contributed by atoms with E-state index < -0.39 is 0 Å². The van der Waals surface area contributed by atoms with E-state index in [-0.39, 0.29) is 23.7 Å². The molecule has 0 atom stereocenters. The standard InChI is InChI=1S/C14H20ClN3O2/c15-13-12(8-10(16)9-17-13)14(20)18(6-7-19)11-4-2-1-3-5-11/h8-9,11,19H,1-7,16H2. The maximum atomic E-state index is 12.6. The van der Waals surface area contributed by atoms with Crippen LogP contribution < -0.4 is 5.73 Å². The molecule has 0 saturated heterocycles. The Morgan fingerprint density at radius 3 is 2.80 bits per heavy atom. The second-order valence-corrected chi connectivity index (χ2v) is 5.48. The number of carbonyl (C=O) groups excluding carboxylic acids is 1. The number of nitrogen functional groups attached to an aromatic ring is 1. The monoisotopic (exact) mass is 297 g/mol. The van der Waals surface area contributed by atoms with E-state index in [2.05, 4.69) is 4.98 Å². The second-order valence-electron chi connectivity index (χ2n) is 5.12. The van der Waals surface area contributed by atoms with Crippen LogP contribution in [-0.2, 0) is 0 Å². The van der Waals surface area contributed by atoms with Gasteiger partial charge < -0.3 is 15.7 Å². The maximum absolute atomic E-state index is 12.6. The van der Waals surface area contributed by atoms with Crippen molar-refractivity contribution in [2.75, 3.05) is 18.9 Å². The first-order valence-electron chi connectivity index (χ1n) is 6.96. The van der Waals surface area contributed by atoms with Gasteiger partial charge in [-0.1, -0.05) is 30.9 Å². The van der Waals surface area contributed by atoms with Crippen LogP contribution in [0.25, 0.3) is 0 Å². The molecule has 1 aliphatic carbocycles. The predicted octanol–water partition coefficient (Wildman–Crippen LogP) is 2.08. The molecule has 1 aromatic heterocycles. The number of halogens is 1. The summed E-state index contributed by atoms with van der Waals surface area (Å²) in [5.74, 6) is -0.198. The molecule has 0 radical (unpaired) electrons. The third kappa shape index (κ3) is 3.41. The van der Waals surface area contributed by atoms with Crippen molar-refractivity contribution in [2.24, 2.45) is 0 Å². The molecule has 110 valence electrons. The van der Waals surface area contributed by atoms with Gasteiger partial charge >= 0.3 is 0 Å². The normalized spacial score (nSPS) is 16.1. The molecule has 1 saturated carbocycles. The molecule has 1 aromatic rings. The van der Waals surface area contributed by atoms with Crippen LogP contribution in [0.4, 0.5) is 5.69 Å². The van der Waals surface area contributed by atoms with Gasteiger partial charge in [0.25, 0.3) is 5.91 Å². The summed E-state index contributed by atoms with van der Waals surface area (Å²) in [7, 11) is 0. The third-order valence-electron chi connectivity index (χ3n) is 3.71. The fourth-order valence-electron chi connectivity index (χ4n) is 2.72. The van der Waals surface area contributed by atoms with Crippen LogP contribution in [0.3, 0.4) is 0 Å². The molecule has 3 N–H and O–H groups in total. The molecular formula is C14H20ClN3O2. The highest BCUT2D eigenvalue weighted by molar-refractivity contribution is 6.32. The van der Waals surface area contributed by atoms with Gasteiger partial charge in [0.1, 0.15) is 5.15 Å². The lowest BCUT2D eigenvalue weighted by atomic mass is 9.93. The van der Waals surface area contributed by atoms with E-state index in [1.807, 2.05) is 0 Å². The smallest absolute Gasteiger partial charge is 0.257 e. The van der Waals surface area contributed by atoms with Crippen molar-refractivity contribution in [3.05, 3.63) is 23.0 Å². The summed E-state index contributed by atoms with van der Waals surface area (Å²) in [5.41, 5.74) is 6.40. The Labute approximate surface area is 123 Å². The van der Waals surface area contributed by atoms with Crippen molar-refractivity contribution < 1.29 is 9.90 Å². The first-order valence-corrected chi connectivity index (χ1v) is 7.34. The Balaban J connectivity index is 2.23. The minimum atomic E-state index is -0.198. The second kappa shape index (κ2) is 6.90. The van der Waals surface area contributed by atoms with Gasteiger partial charge in [-0.05, 0) is 18.9 Å². The molecule has 20 heavy (non-hydrogen) atoms. The number of anilines is 1. The average molecular weight is 298 g/mol. The summed E-state index contributed by atoms with van der Waals surface area (Å²) < 4.78 is 0. The van der Waals surface area contributed by atoms with E-state index >= 15 is 0 Å². The van der Waals surface area contributed by atoms with Crippen molar-refractivity contribution in [1.82, 2.24) is 9.88 Å². The Bertz CT molecular complexity index is 475. The van der Waals surface area contributed by atoms with E-state index in [9.17, 15) is 9.90 Å². The molecule has 1 fully saturated rings. The minimum absolute atomic E-state index is 0.0599. The zero-order chi connectivity index (χ0) is 14.5. The molecule has 1 aliphatic rings. The highest BCUT2D eigenvalue weighted by atomic mass is 35.5. The number of rotatable bonds is 4. The van der Waals surface area contributed by atoms with E-state index in [1.54, 1.807) is 11.0 Å². The lowest BCUT2D eigenvalue weighted by Gasteiger charge is -2.34. The zero-order valence-electron chi connectivity index (χ0n) is 11.4. The van der Waals surface area contributed by atoms with Crippen LogP contribution in [0, 0.1) is 0 Å². The summed E-state index contributed by atoms with van der Waals surface area (Å²) >= 11 is 6.00. The van der Waals surface area contributed by atoms with Crippen LogP contribution in [0.2, 0.25) is 5.15 Å². The summed E-state index contributed by atoms with van der Waals surface area (Å²) in [5, 5.41) is 9.38. The minimum Gasteiger partial charge on any atom is -0.397 e. The fraction of sp³-hybridized carbons (Fsp3) is 0.571. The molecule has 0 bridgehead atoms. The molecule has 1 amide bonds. The van der Waals surface area contributed by atoms with E-state index in [0.29, 0.717) is 17.8 Å². The summed E-state index contributed by atoms with van der Waals surface area (Å²) in [4.78, 5) is 18.3. The Morgan fingerprint density at radius 1 is 1.45 bits per heavy atom. The molecule has 0 unspecified atom stereocenters. The zero-order valence-corrected chi connectivity index (χ0v) is 12.1. The average Bonchev–Trinajstić information content (AvgIpc) is 2.47. The number of aliphatic hydroxyl groups excluding tert-OH is 1. The highest BCUT2D eigenvalue weighted by Gasteiger charge is 2.27. The summed E-state index contributed by atoms with van der Waals surface area (Å²) in [6.07, 6.45) is 6.80. The first kappa shape index (κ1) is 15.1. The van der Waals surface area contributed by atoms with Crippen LogP contribution in [0.1, 0.15) is 42.5 Å². The van der Waals surface area contributed by atoms with Gasteiger partial charge in [0, 0.05) is 12.6 Å². The number of carbonyl (C=O) groups is 1. The quantitative estimate of drug-likeness (QED) is 0.834. The van der Waals surface area contributed by atoms with Crippen LogP contribution >= 0.6 is 11.6 Å². The van der Waals surface area contributed by atoms with Crippen molar-refractivity contribution in [3.63, 3.8) is 0 Å². The van der Waals surface area contributed by atoms with Crippen LogP contribution in [-0.4, -0.2) is 40.1 Å². The molecular weight excluding hydrogens is 278 g/mol. The van der Waals surface area contributed by atoms with E-state index in [1.165, 1.54) is 12.6 Å². The third-order valence-corrected chi connectivity index (χ3v) is 4.01. The largest absolute Gasteiger partial charge is 0.397 e. The molecule has 0 spiro atoms. The van der Waals surface area contributed by atoms with Crippen molar-refractivity contribution in [3.8, 4) is 0 Å². The summed E-state index contributed by atoms with van der Waals surface area (Å²) in [6, 6.07) is 1.71. The number of hydrogen-bond donors (Lipinski definition) is 2. The molecule has 0 aromatic carbocycles. The molecule has 5 nitrogen and oxygen atoms in total. The number of amides is 1. The number of hydrogen-bond acceptors (Lipinski definition) is 4. The van der Waals surface area contributed by atoms with E-state index in [4.69, 9.17) is 17.3 Å². The van der Waals surface area contributed by atoms with Crippen molar-refractivity contribution in [2.45, 2.75) is 38.1 Å². The topological polar surface area (TPSA) is 79.5 Å².